The van der Waals surface area contributed by atoms with Crippen LogP contribution >= 0.6 is 24.2 Å². The minimum atomic E-state index is -0.424. The van der Waals surface area contributed by atoms with Crippen molar-refractivity contribution in [1.29, 1.82) is 0 Å². The van der Waals surface area contributed by atoms with Crippen molar-refractivity contribution in [2.75, 3.05) is 19.4 Å². The van der Waals surface area contributed by atoms with Crippen molar-refractivity contribution in [2.45, 2.75) is 26.8 Å². The van der Waals surface area contributed by atoms with Crippen LogP contribution in [-0.2, 0) is 9.53 Å². The van der Waals surface area contributed by atoms with Crippen molar-refractivity contribution in [3.63, 3.8) is 0 Å². The number of aryl methyl sites for hydroxylation is 1. The monoisotopic (exact) mass is 387 g/mol. The number of amidine groups is 1. The van der Waals surface area contributed by atoms with Gasteiger partial charge < -0.3 is 9.64 Å². The van der Waals surface area contributed by atoms with Gasteiger partial charge in [-0.2, -0.15) is 0 Å². The van der Waals surface area contributed by atoms with Gasteiger partial charge in [-0.3, -0.25) is 10.1 Å². The molecule has 1 aromatic rings. The van der Waals surface area contributed by atoms with E-state index in [4.69, 9.17) is 4.74 Å². The highest BCUT2D eigenvalue weighted by Crippen LogP contribution is 2.31. The first-order valence-electron chi connectivity index (χ1n) is 7.64. The SMILES string of the molecule is COC(=O)C1CS/C(=N\c2ccc([N+](=O)[O-])cc2C)N1CC(C)C.Cl. The van der Waals surface area contributed by atoms with Crippen molar-refractivity contribution in [2.24, 2.45) is 10.9 Å². The number of hydrogen-bond acceptors (Lipinski definition) is 6. The molecule has 138 valence electrons. The molecule has 25 heavy (non-hydrogen) atoms. The van der Waals surface area contributed by atoms with E-state index in [0.29, 0.717) is 23.9 Å². The Bertz CT molecular complexity index is 681. The largest absolute Gasteiger partial charge is 0.467 e. The van der Waals surface area contributed by atoms with Crippen LogP contribution in [0.1, 0.15) is 19.4 Å². The lowest BCUT2D eigenvalue weighted by atomic mass is 10.2. The zero-order chi connectivity index (χ0) is 17.9. The fourth-order valence-corrected chi connectivity index (χ4v) is 3.62. The van der Waals surface area contributed by atoms with Crippen LogP contribution in [0.3, 0.4) is 0 Å². The van der Waals surface area contributed by atoms with Crippen molar-refractivity contribution in [3.05, 3.63) is 33.9 Å². The van der Waals surface area contributed by atoms with Gasteiger partial charge in [-0.25, -0.2) is 9.79 Å². The molecule has 0 radical (unpaired) electrons. The van der Waals surface area contributed by atoms with Crippen LogP contribution in [0.2, 0.25) is 0 Å². The number of hydrogen-bond donors (Lipinski definition) is 0. The second-order valence-electron chi connectivity index (χ2n) is 6.02. The third kappa shape index (κ3) is 5.09. The van der Waals surface area contributed by atoms with Crippen LogP contribution in [0.5, 0.6) is 0 Å². The Morgan fingerprint density at radius 1 is 1.52 bits per heavy atom. The highest BCUT2D eigenvalue weighted by atomic mass is 35.5. The van der Waals surface area contributed by atoms with Gasteiger partial charge in [0, 0.05) is 24.4 Å². The molecule has 1 heterocycles. The van der Waals surface area contributed by atoms with Crippen LogP contribution in [0.25, 0.3) is 0 Å². The number of thioether (sulfide) groups is 1. The smallest absolute Gasteiger partial charge is 0.329 e. The van der Waals surface area contributed by atoms with Crippen molar-refractivity contribution >= 4 is 46.7 Å². The molecule has 7 nitrogen and oxygen atoms in total. The second-order valence-corrected chi connectivity index (χ2v) is 7.01. The van der Waals surface area contributed by atoms with Crippen LogP contribution in [0.4, 0.5) is 11.4 Å². The standard InChI is InChI=1S/C16H21N3O4S.ClH/c1-10(2)8-18-14(15(20)23-4)9-24-16(18)17-13-6-5-12(19(21)22)7-11(13)3;/h5-7,10,14H,8-9H2,1-4H3;1H/b17-16-;. The fraction of sp³-hybridized carbons (Fsp3) is 0.500. The van der Waals surface area contributed by atoms with E-state index in [1.165, 1.54) is 31.0 Å². The van der Waals surface area contributed by atoms with Crippen LogP contribution < -0.4 is 0 Å². The minimum Gasteiger partial charge on any atom is -0.467 e. The van der Waals surface area contributed by atoms with Crippen molar-refractivity contribution in [3.8, 4) is 0 Å². The summed E-state index contributed by atoms with van der Waals surface area (Å²) in [6.07, 6.45) is 0. The van der Waals surface area contributed by atoms with E-state index in [-0.39, 0.29) is 30.1 Å². The van der Waals surface area contributed by atoms with Gasteiger partial charge in [0.2, 0.25) is 0 Å². The number of benzene rings is 1. The molecular formula is C16H22ClN3O4S. The summed E-state index contributed by atoms with van der Waals surface area (Å²) in [4.78, 5) is 29.0. The Balaban J connectivity index is 0.00000312. The molecule has 0 N–H and O–H groups in total. The number of nitro groups is 1. The number of ether oxygens (including phenoxy) is 1. The zero-order valence-corrected chi connectivity index (χ0v) is 16.2. The first kappa shape index (κ1) is 21.2. The number of rotatable bonds is 5. The van der Waals surface area contributed by atoms with Gasteiger partial charge in [0.05, 0.1) is 17.7 Å². The van der Waals surface area contributed by atoms with E-state index in [0.717, 1.165) is 10.7 Å². The summed E-state index contributed by atoms with van der Waals surface area (Å²) in [6, 6.07) is 4.24. The van der Waals surface area contributed by atoms with Gasteiger partial charge in [-0.1, -0.05) is 25.6 Å². The Morgan fingerprint density at radius 3 is 2.72 bits per heavy atom. The Hall–Kier alpha value is -1.80. The van der Waals surface area contributed by atoms with Gasteiger partial charge in [0.25, 0.3) is 5.69 Å². The minimum absolute atomic E-state index is 0. The third-order valence-corrected chi connectivity index (χ3v) is 4.70. The van der Waals surface area contributed by atoms with Crippen LogP contribution in [-0.4, -0.2) is 46.4 Å². The average molecular weight is 388 g/mol. The molecule has 0 amide bonds. The molecule has 0 spiro atoms. The average Bonchev–Trinajstić information content (AvgIpc) is 2.90. The van der Waals surface area contributed by atoms with Gasteiger partial charge in [-0.05, 0) is 24.5 Å². The first-order valence-corrected chi connectivity index (χ1v) is 8.63. The third-order valence-electron chi connectivity index (χ3n) is 3.63. The van der Waals surface area contributed by atoms with Gasteiger partial charge in [-0.15, -0.1) is 12.4 Å². The number of aliphatic imine (C=N–C) groups is 1. The predicted octanol–water partition coefficient (Wildman–Crippen LogP) is 3.56. The molecule has 1 atom stereocenters. The maximum Gasteiger partial charge on any atom is 0.329 e. The van der Waals surface area contributed by atoms with Gasteiger partial charge >= 0.3 is 5.97 Å². The number of esters is 1. The lowest BCUT2D eigenvalue weighted by Gasteiger charge is -2.25. The van der Waals surface area contributed by atoms with Crippen LogP contribution in [0.15, 0.2) is 23.2 Å². The fourth-order valence-electron chi connectivity index (χ4n) is 2.47. The number of carbonyl (C=O) groups is 1. The molecule has 0 aromatic heterocycles. The van der Waals surface area contributed by atoms with E-state index < -0.39 is 4.92 Å². The Kier molecular flexibility index (Phi) is 7.69. The van der Waals surface area contributed by atoms with Crippen LogP contribution in [0, 0.1) is 23.0 Å². The molecule has 1 aliphatic rings. The lowest BCUT2D eigenvalue weighted by molar-refractivity contribution is -0.384. The molecule has 1 aliphatic heterocycles. The number of nitro benzene ring substituents is 1. The summed E-state index contributed by atoms with van der Waals surface area (Å²) < 4.78 is 4.89. The summed E-state index contributed by atoms with van der Waals surface area (Å²) >= 11 is 1.50. The highest BCUT2D eigenvalue weighted by molar-refractivity contribution is 8.14. The van der Waals surface area contributed by atoms with Crippen molar-refractivity contribution < 1.29 is 14.5 Å². The summed E-state index contributed by atoms with van der Waals surface area (Å²) in [5, 5.41) is 11.6. The molecule has 0 aliphatic carbocycles. The number of methoxy groups -OCH3 is 1. The number of non-ortho nitro benzene ring substituents is 1. The molecule has 1 unspecified atom stereocenters. The van der Waals surface area contributed by atoms with Gasteiger partial charge in [0.15, 0.2) is 5.17 Å². The molecule has 1 fully saturated rings. The summed E-state index contributed by atoms with van der Waals surface area (Å²) in [6.45, 7) is 6.63. The van der Waals surface area contributed by atoms with E-state index in [2.05, 4.69) is 18.8 Å². The molecule has 9 heteroatoms. The summed E-state index contributed by atoms with van der Waals surface area (Å²) in [7, 11) is 1.39. The predicted molar refractivity (Wildman–Crippen MR) is 102 cm³/mol. The van der Waals surface area contributed by atoms with E-state index in [1.807, 2.05) is 4.90 Å². The molecule has 1 aromatic carbocycles. The van der Waals surface area contributed by atoms with Crippen molar-refractivity contribution in [1.82, 2.24) is 4.90 Å². The quantitative estimate of drug-likeness (QED) is 0.436. The molecule has 0 bridgehead atoms. The molecule has 2 rings (SSSR count). The molecule has 1 saturated heterocycles. The Labute approximate surface area is 157 Å². The normalized spacial score (nSPS) is 18.4. The first-order chi connectivity index (χ1) is 11.3. The molecular weight excluding hydrogens is 366 g/mol. The number of carbonyl (C=O) groups excluding carboxylic acids is 1. The summed E-state index contributed by atoms with van der Waals surface area (Å²) in [5.41, 5.74) is 1.44. The summed E-state index contributed by atoms with van der Waals surface area (Å²) in [5.74, 6) is 0.678. The van der Waals surface area contributed by atoms with E-state index >= 15 is 0 Å². The topological polar surface area (TPSA) is 85.0 Å². The zero-order valence-electron chi connectivity index (χ0n) is 14.6. The maximum absolute atomic E-state index is 12.0. The molecule has 0 saturated carbocycles. The number of halogens is 1. The second kappa shape index (κ2) is 9.05. The number of nitrogens with zero attached hydrogens (tertiary/aromatic N) is 3. The van der Waals surface area contributed by atoms with E-state index in [1.54, 1.807) is 13.0 Å². The maximum atomic E-state index is 12.0. The Morgan fingerprint density at radius 2 is 2.20 bits per heavy atom. The van der Waals surface area contributed by atoms with E-state index in [9.17, 15) is 14.9 Å². The highest BCUT2D eigenvalue weighted by Gasteiger charge is 2.36. The van der Waals surface area contributed by atoms with Gasteiger partial charge in [0.1, 0.15) is 6.04 Å². The lowest BCUT2D eigenvalue weighted by Crippen LogP contribution is -2.42.